The summed E-state index contributed by atoms with van der Waals surface area (Å²) in [6.45, 7) is 0.674. The molecule has 1 amide bonds. The van der Waals surface area contributed by atoms with Crippen molar-refractivity contribution in [2.45, 2.75) is 6.04 Å². The first-order valence-corrected chi connectivity index (χ1v) is 7.44. The zero-order valence-corrected chi connectivity index (χ0v) is 12.2. The van der Waals surface area contributed by atoms with Crippen LogP contribution in [0.15, 0.2) is 41.8 Å². The molecular formula is C15H17FN2O2S. The lowest BCUT2D eigenvalue weighted by atomic mass is 10.1. The van der Waals surface area contributed by atoms with Gasteiger partial charge in [-0.05, 0) is 29.1 Å². The fourth-order valence-corrected chi connectivity index (χ4v) is 2.68. The van der Waals surface area contributed by atoms with Crippen molar-refractivity contribution < 1.29 is 13.9 Å². The molecule has 3 N–H and O–H groups in total. The van der Waals surface area contributed by atoms with Crippen LogP contribution in [0.5, 0.6) is 0 Å². The monoisotopic (exact) mass is 308 g/mol. The maximum atomic E-state index is 13.0. The predicted octanol–water partition coefficient (Wildman–Crippen LogP) is 2.07. The Morgan fingerprint density at radius 2 is 2.10 bits per heavy atom. The number of nitrogens with one attached hydrogen (secondary N) is 1. The van der Waals surface area contributed by atoms with Crippen molar-refractivity contribution in [2.24, 2.45) is 5.73 Å². The van der Waals surface area contributed by atoms with Crippen LogP contribution in [0.4, 0.5) is 4.39 Å². The molecule has 0 saturated carbocycles. The Kier molecular flexibility index (Phi) is 5.86. The Hall–Kier alpha value is -1.76. The summed E-state index contributed by atoms with van der Waals surface area (Å²) in [6, 6.07) is 9.63. The number of thiophene rings is 1. The number of benzene rings is 1. The predicted molar refractivity (Wildman–Crippen MR) is 80.6 cm³/mol. The van der Waals surface area contributed by atoms with Gasteiger partial charge in [-0.2, -0.15) is 0 Å². The van der Waals surface area contributed by atoms with Gasteiger partial charge < -0.3 is 15.8 Å². The normalized spacial score (nSPS) is 12.1. The lowest BCUT2D eigenvalue weighted by Gasteiger charge is -2.18. The highest BCUT2D eigenvalue weighted by molar-refractivity contribution is 7.10. The zero-order chi connectivity index (χ0) is 15.1. The summed E-state index contributed by atoms with van der Waals surface area (Å²) in [4.78, 5) is 12.9. The van der Waals surface area contributed by atoms with E-state index in [0.29, 0.717) is 13.2 Å². The maximum Gasteiger partial charge on any atom is 0.246 e. The van der Waals surface area contributed by atoms with Crippen molar-refractivity contribution in [1.82, 2.24) is 5.32 Å². The van der Waals surface area contributed by atoms with Gasteiger partial charge in [0, 0.05) is 11.4 Å². The molecule has 4 nitrogen and oxygen atoms in total. The summed E-state index contributed by atoms with van der Waals surface area (Å²) in [6.07, 6.45) is 0. The Balaban J connectivity index is 2.10. The second kappa shape index (κ2) is 7.87. The molecule has 0 spiro atoms. The average molecular weight is 308 g/mol. The molecule has 21 heavy (non-hydrogen) atoms. The van der Waals surface area contributed by atoms with E-state index in [1.165, 1.54) is 23.5 Å². The SMILES string of the molecule is NCCOCC(=O)NC(c1ccc(F)cc1)c1cccs1. The highest BCUT2D eigenvalue weighted by atomic mass is 32.1. The van der Waals surface area contributed by atoms with Gasteiger partial charge in [-0.25, -0.2) is 4.39 Å². The van der Waals surface area contributed by atoms with Crippen LogP contribution in [0.3, 0.4) is 0 Å². The molecule has 2 rings (SSSR count). The first-order valence-electron chi connectivity index (χ1n) is 6.56. The molecule has 2 aromatic rings. The summed E-state index contributed by atoms with van der Waals surface area (Å²) in [7, 11) is 0. The van der Waals surface area contributed by atoms with E-state index in [2.05, 4.69) is 5.32 Å². The fraction of sp³-hybridized carbons (Fsp3) is 0.267. The van der Waals surface area contributed by atoms with Crippen LogP contribution < -0.4 is 11.1 Å². The number of carbonyl (C=O) groups is 1. The minimum atomic E-state index is -0.306. The minimum absolute atomic E-state index is 0.0414. The van der Waals surface area contributed by atoms with Gasteiger partial charge in [0.05, 0.1) is 12.6 Å². The number of hydrogen-bond donors (Lipinski definition) is 2. The van der Waals surface area contributed by atoms with E-state index in [1.807, 2.05) is 17.5 Å². The van der Waals surface area contributed by atoms with Crippen LogP contribution in [-0.2, 0) is 9.53 Å². The second-order valence-corrected chi connectivity index (χ2v) is 5.39. The molecule has 1 unspecified atom stereocenters. The maximum absolute atomic E-state index is 13.0. The molecule has 1 aromatic carbocycles. The van der Waals surface area contributed by atoms with Crippen molar-refractivity contribution in [2.75, 3.05) is 19.8 Å². The van der Waals surface area contributed by atoms with E-state index in [4.69, 9.17) is 10.5 Å². The van der Waals surface area contributed by atoms with Crippen LogP contribution in [0.25, 0.3) is 0 Å². The van der Waals surface area contributed by atoms with Crippen LogP contribution in [0.2, 0.25) is 0 Å². The van der Waals surface area contributed by atoms with Crippen LogP contribution >= 0.6 is 11.3 Å². The van der Waals surface area contributed by atoms with Crippen molar-refractivity contribution in [3.63, 3.8) is 0 Å². The third kappa shape index (κ3) is 4.63. The Morgan fingerprint density at radius 1 is 1.33 bits per heavy atom. The molecule has 1 atom stereocenters. The molecule has 6 heteroatoms. The third-order valence-electron chi connectivity index (χ3n) is 2.83. The summed E-state index contributed by atoms with van der Waals surface area (Å²) in [5, 5.41) is 4.83. The molecule has 0 bridgehead atoms. The smallest absolute Gasteiger partial charge is 0.246 e. The molecule has 1 aromatic heterocycles. The lowest BCUT2D eigenvalue weighted by molar-refractivity contribution is -0.126. The summed E-state index contributed by atoms with van der Waals surface area (Å²) in [5.74, 6) is -0.535. The summed E-state index contributed by atoms with van der Waals surface area (Å²) >= 11 is 1.53. The van der Waals surface area contributed by atoms with Crippen molar-refractivity contribution in [3.05, 3.63) is 58.0 Å². The standard InChI is InChI=1S/C15H17FN2O2S/c16-12-5-3-11(4-6-12)15(13-2-1-9-21-13)18-14(19)10-20-8-7-17/h1-6,9,15H,7-8,10,17H2,(H,18,19). The van der Waals surface area contributed by atoms with Crippen molar-refractivity contribution >= 4 is 17.2 Å². The van der Waals surface area contributed by atoms with Gasteiger partial charge in [-0.1, -0.05) is 18.2 Å². The van der Waals surface area contributed by atoms with E-state index >= 15 is 0 Å². The lowest BCUT2D eigenvalue weighted by Crippen LogP contribution is -2.32. The van der Waals surface area contributed by atoms with Gasteiger partial charge in [0.15, 0.2) is 0 Å². The van der Waals surface area contributed by atoms with Gasteiger partial charge in [-0.3, -0.25) is 4.79 Å². The van der Waals surface area contributed by atoms with Crippen molar-refractivity contribution in [1.29, 1.82) is 0 Å². The minimum Gasteiger partial charge on any atom is -0.370 e. The number of rotatable bonds is 7. The molecular weight excluding hydrogens is 291 g/mol. The zero-order valence-electron chi connectivity index (χ0n) is 11.4. The molecule has 112 valence electrons. The van der Waals surface area contributed by atoms with Gasteiger partial charge in [0.2, 0.25) is 5.91 Å². The number of halogens is 1. The fourth-order valence-electron chi connectivity index (χ4n) is 1.88. The Bertz CT molecular complexity index is 558. The van der Waals surface area contributed by atoms with E-state index in [0.717, 1.165) is 10.4 Å². The molecule has 0 saturated heterocycles. The Morgan fingerprint density at radius 3 is 2.71 bits per heavy atom. The second-order valence-electron chi connectivity index (χ2n) is 4.41. The average Bonchev–Trinajstić information content (AvgIpc) is 3.00. The molecule has 0 aliphatic rings. The van der Waals surface area contributed by atoms with Crippen LogP contribution in [0, 0.1) is 5.82 Å². The first kappa shape index (κ1) is 15.6. The molecule has 0 fully saturated rings. The van der Waals surface area contributed by atoms with Crippen LogP contribution in [0.1, 0.15) is 16.5 Å². The molecule has 1 heterocycles. The highest BCUT2D eigenvalue weighted by Gasteiger charge is 2.17. The number of nitrogens with two attached hydrogens (primary N) is 1. The molecule has 0 aliphatic carbocycles. The van der Waals surface area contributed by atoms with E-state index in [-0.39, 0.29) is 24.4 Å². The van der Waals surface area contributed by atoms with E-state index in [9.17, 15) is 9.18 Å². The van der Waals surface area contributed by atoms with Gasteiger partial charge in [0.1, 0.15) is 12.4 Å². The molecule has 0 aliphatic heterocycles. The first-order chi connectivity index (χ1) is 10.2. The highest BCUT2D eigenvalue weighted by Crippen LogP contribution is 2.26. The number of hydrogen-bond acceptors (Lipinski definition) is 4. The van der Waals surface area contributed by atoms with Gasteiger partial charge >= 0.3 is 0 Å². The number of amides is 1. The quantitative estimate of drug-likeness (QED) is 0.770. The van der Waals surface area contributed by atoms with Crippen molar-refractivity contribution in [3.8, 4) is 0 Å². The summed E-state index contributed by atoms with van der Waals surface area (Å²) in [5.41, 5.74) is 6.13. The van der Waals surface area contributed by atoms with Gasteiger partial charge in [-0.15, -0.1) is 11.3 Å². The number of ether oxygens (including phenoxy) is 1. The van der Waals surface area contributed by atoms with Gasteiger partial charge in [0.25, 0.3) is 0 Å². The third-order valence-corrected chi connectivity index (χ3v) is 3.77. The largest absolute Gasteiger partial charge is 0.370 e. The molecule has 0 radical (unpaired) electrons. The van der Waals surface area contributed by atoms with E-state index in [1.54, 1.807) is 12.1 Å². The number of carbonyl (C=O) groups excluding carboxylic acids is 1. The topological polar surface area (TPSA) is 64.3 Å². The Labute approximate surface area is 126 Å². The van der Waals surface area contributed by atoms with E-state index < -0.39 is 0 Å². The van der Waals surface area contributed by atoms with Crippen LogP contribution in [-0.4, -0.2) is 25.7 Å². The summed E-state index contributed by atoms with van der Waals surface area (Å²) < 4.78 is 18.2.